The van der Waals surface area contributed by atoms with E-state index in [0.717, 1.165) is 26.1 Å². The largest absolute Gasteiger partial charge is 0.297 e. The van der Waals surface area contributed by atoms with Gasteiger partial charge < -0.3 is 0 Å². The van der Waals surface area contributed by atoms with Crippen LogP contribution in [0.4, 0.5) is 0 Å². The summed E-state index contributed by atoms with van der Waals surface area (Å²) in [6.07, 6.45) is 0.882. The number of sulfonamides is 1. The number of nitrogens with zero attached hydrogens (tertiary/aromatic N) is 2. The highest BCUT2D eigenvalue weighted by molar-refractivity contribution is 7.89. The van der Waals surface area contributed by atoms with Crippen molar-refractivity contribution < 1.29 is 8.42 Å². The van der Waals surface area contributed by atoms with E-state index in [1.54, 1.807) is 15.6 Å². The molecule has 1 saturated heterocycles. The number of hydrogen-bond donors (Lipinski definition) is 0. The summed E-state index contributed by atoms with van der Waals surface area (Å²) in [4.78, 5) is 3.65. The Morgan fingerprint density at radius 3 is 2.79 bits per heavy atom. The van der Waals surface area contributed by atoms with Crippen LogP contribution in [-0.2, 0) is 16.6 Å². The zero-order valence-corrected chi connectivity index (χ0v) is 13.2. The SMILES string of the molecule is O=S(=O)(CCCl)N1CCCN(Cc2cccs2)CC1. The first-order valence-corrected chi connectivity index (χ1v) is 9.43. The van der Waals surface area contributed by atoms with Crippen LogP contribution in [0, 0.1) is 0 Å². The second-order valence-corrected chi connectivity index (χ2v) is 8.11. The minimum absolute atomic E-state index is 0.0412. The molecule has 7 heteroatoms. The Morgan fingerprint density at radius 2 is 2.11 bits per heavy atom. The molecule has 1 aromatic rings. The van der Waals surface area contributed by atoms with Crippen LogP contribution in [0.5, 0.6) is 0 Å². The van der Waals surface area contributed by atoms with Crippen LogP contribution in [-0.4, -0.2) is 55.4 Å². The Kier molecular flexibility index (Phi) is 5.65. The summed E-state index contributed by atoms with van der Waals surface area (Å²) in [6, 6.07) is 4.17. The molecule has 0 N–H and O–H groups in total. The van der Waals surface area contributed by atoms with Crippen molar-refractivity contribution in [3.8, 4) is 0 Å². The van der Waals surface area contributed by atoms with Crippen molar-refractivity contribution in [1.82, 2.24) is 9.21 Å². The van der Waals surface area contributed by atoms with Gasteiger partial charge in [-0.3, -0.25) is 4.90 Å². The molecule has 0 spiro atoms. The quantitative estimate of drug-likeness (QED) is 0.777. The van der Waals surface area contributed by atoms with Crippen LogP contribution in [0.15, 0.2) is 17.5 Å². The molecule has 1 aromatic heterocycles. The molecule has 108 valence electrons. The molecule has 19 heavy (non-hydrogen) atoms. The molecule has 1 fully saturated rings. The maximum Gasteiger partial charge on any atom is 0.215 e. The lowest BCUT2D eigenvalue weighted by Gasteiger charge is -2.21. The number of rotatable bonds is 5. The van der Waals surface area contributed by atoms with Crippen molar-refractivity contribution >= 4 is 33.0 Å². The van der Waals surface area contributed by atoms with Crippen LogP contribution in [0.1, 0.15) is 11.3 Å². The molecule has 1 aliphatic rings. The van der Waals surface area contributed by atoms with Gasteiger partial charge in [-0.1, -0.05) is 6.07 Å². The summed E-state index contributed by atoms with van der Waals surface area (Å²) in [5, 5.41) is 2.07. The zero-order chi connectivity index (χ0) is 13.7. The van der Waals surface area contributed by atoms with Gasteiger partial charge in [-0.25, -0.2) is 12.7 Å². The lowest BCUT2D eigenvalue weighted by molar-refractivity contribution is 0.281. The molecule has 0 atom stereocenters. The number of thiophene rings is 1. The molecule has 0 radical (unpaired) electrons. The fourth-order valence-electron chi connectivity index (χ4n) is 2.23. The van der Waals surface area contributed by atoms with Gasteiger partial charge >= 0.3 is 0 Å². The molecule has 2 rings (SSSR count). The van der Waals surface area contributed by atoms with Crippen LogP contribution in [0.2, 0.25) is 0 Å². The van der Waals surface area contributed by atoms with E-state index in [-0.39, 0.29) is 11.6 Å². The van der Waals surface area contributed by atoms with Crippen LogP contribution < -0.4 is 0 Å². The van der Waals surface area contributed by atoms with E-state index in [1.165, 1.54) is 4.88 Å². The Bertz CT molecular complexity index is 476. The van der Waals surface area contributed by atoms with Gasteiger partial charge in [-0.15, -0.1) is 22.9 Å². The highest BCUT2D eigenvalue weighted by Crippen LogP contribution is 2.15. The number of hydrogen-bond acceptors (Lipinski definition) is 4. The van der Waals surface area contributed by atoms with Gasteiger partial charge in [0.1, 0.15) is 0 Å². The Morgan fingerprint density at radius 1 is 1.26 bits per heavy atom. The standard InChI is InChI=1S/C12H19ClN2O2S2/c13-4-10-19(16,17)15-6-2-5-14(7-8-15)11-12-3-1-9-18-12/h1,3,9H,2,4-8,10-11H2. The topological polar surface area (TPSA) is 40.6 Å². The van der Waals surface area contributed by atoms with Crippen molar-refractivity contribution in [2.75, 3.05) is 37.8 Å². The number of halogens is 1. The van der Waals surface area contributed by atoms with E-state index in [2.05, 4.69) is 22.4 Å². The first-order chi connectivity index (χ1) is 9.12. The second kappa shape index (κ2) is 7.04. The molecule has 0 amide bonds. The maximum atomic E-state index is 12.0. The summed E-state index contributed by atoms with van der Waals surface area (Å²) in [7, 11) is -3.16. The molecule has 0 aromatic carbocycles. The Balaban J connectivity index is 1.91. The normalized spacial score (nSPS) is 19.4. The third-order valence-electron chi connectivity index (χ3n) is 3.24. The van der Waals surface area contributed by atoms with E-state index >= 15 is 0 Å². The van der Waals surface area contributed by atoms with Crippen molar-refractivity contribution in [1.29, 1.82) is 0 Å². The van der Waals surface area contributed by atoms with Crippen molar-refractivity contribution in [2.45, 2.75) is 13.0 Å². The third-order valence-corrected chi connectivity index (χ3v) is 6.38. The van der Waals surface area contributed by atoms with Gasteiger partial charge in [-0.2, -0.15) is 0 Å². The summed E-state index contributed by atoms with van der Waals surface area (Å²) in [6.45, 7) is 3.84. The van der Waals surface area contributed by atoms with Crippen molar-refractivity contribution in [3.05, 3.63) is 22.4 Å². The minimum atomic E-state index is -3.16. The predicted octanol–water partition coefficient (Wildman–Crippen LogP) is 1.82. The number of alkyl halides is 1. The smallest absolute Gasteiger partial charge is 0.215 e. The monoisotopic (exact) mass is 322 g/mol. The lowest BCUT2D eigenvalue weighted by atomic mass is 10.3. The molecule has 4 nitrogen and oxygen atoms in total. The molecule has 0 aliphatic carbocycles. The highest BCUT2D eigenvalue weighted by Gasteiger charge is 2.24. The van der Waals surface area contributed by atoms with Gasteiger partial charge in [0, 0.05) is 36.9 Å². The average molecular weight is 323 g/mol. The molecule has 0 bridgehead atoms. The molecule has 0 unspecified atom stereocenters. The molecular weight excluding hydrogens is 304 g/mol. The van der Waals surface area contributed by atoms with Crippen molar-refractivity contribution in [2.24, 2.45) is 0 Å². The third kappa shape index (κ3) is 4.43. The van der Waals surface area contributed by atoms with E-state index in [0.29, 0.717) is 13.1 Å². The lowest BCUT2D eigenvalue weighted by Crippen LogP contribution is -2.36. The van der Waals surface area contributed by atoms with Gasteiger partial charge in [0.2, 0.25) is 10.0 Å². The predicted molar refractivity (Wildman–Crippen MR) is 80.3 cm³/mol. The summed E-state index contributed by atoms with van der Waals surface area (Å²) < 4.78 is 25.6. The summed E-state index contributed by atoms with van der Waals surface area (Å²) >= 11 is 7.30. The molecule has 0 saturated carbocycles. The van der Waals surface area contributed by atoms with E-state index < -0.39 is 10.0 Å². The Labute approximate surface area is 124 Å². The zero-order valence-electron chi connectivity index (χ0n) is 10.8. The summed E-state index contributed by atoms with van der Waals surface area (Å²) in [5.74, 6) is 0.206. The van der Waals surface area contributed by atoms with Crippen LogP contribution in [0.3, 0.4) is 0 Å². The van der Waals surface area contributed by atoms with Crippen molar-refractivity contribution in [3.63, 3.8) is 0 Å². The molecule has 2 heterocycles. The fourth-order valence-corrected chi connectivity index (χ4v) is 4.78. The van der Waals surface area contributed by atoms with Gasteiger partial charge in [0.05, 0.1) is 5.75 Å². The highest BCUT2D eigenvalue weighted by atomic mass is 35.5. The fraction of sp³-hybridized carbons (Fsp3) is 0.667. The van der Waals surface area contributed by atoms with Crippen LogP contribution in [0.25, 0.3) is 0 Å². The van der Waals surface area contributed by atoms with Gasteiger partial charge in [0.25, 0.3) is 0 Å². The Hall–Kier alpha value is -0.140. The van der Waals surface area contributed by atoms with E-state index in [1.807, 2.05) is 0 Å². The van der Waals surface area contributed by atoms with E-state index in [9.17, 15) is 8.42 Å². The second-order valence-electron chi connectivity index (χ2n) is 4.61. The average Bonchev–Trinajstić information content (AvgIpc) is 2.73. The first kappa shape index (κ1) is 15.3. The first-order valence-electron chi connectivity index (χ1n) is 6.40. The van der Waals surface area contributed by atoms with Gasteiger partial charge in [-0.05, 0) is 24.4 Å². The maximum absolute atomic E-state index is 12.0. The minimum Gasteiger partial charge on any atom is -0.297 e. The van der Waals surface area contributed by atoms with Crippen LogP contribution >= 0.6 is 22.9 Å². The molecular formula is C12H19ClN2O2S2. The molecule has 1 aliphatic heterocycles. The van der Waals surface area contributed by atoms with E-state index in [4.69, 9.17) is 11.6 Å². The van der Waals surface area contributed by atoms with Gasteiger partial charge in [0.15, 0.2) is 0 Å². The summed E-state index contributed by atoms with van der Waals surface area (Å²) in [5.41, 5.74) is 0.